The molecule has 0 bridgehead atoms. The molecule has 7 nitrogen and oxygen atoms in total. The highest BCUT2D eigenvalue weighted by molar-refractivity contribution is 6.30. The van der Waals surface area contributed by atoms with Gasteiger partial charge in [0.2, 0.25) is 23.5 Å². The number of carbonyl (C=O) groups is 2. The van der Waals surface area contributed by atoms with E-state index in [4.69, 9.17) is 16.1 Å². The molecule has 0 fully saturated rings. The summed E-state index contributed by atoms with van der Waals surface area (Å²) in [6.07, 6.45) is 0.521. The van der Waals surface area contributed by atoms with Crippen molar-refractivity contribution in [3.63, 3.8) is 0 Å². The zero-order chi connectivity index (χ0) is 19.1. The predicted octanol–water partition coefficient (Wildman–Crippen LogP) is 2.70. The summed E-state index contributed by atoms with van der Waals surface area (Å²) in [6.45, 7) is 6.11. The Morgan fingerprint density at radius 1 is 1.27 bits per heavy atom. The molecule has 0 saturated heterocycles. The Kier molecular flexibility index (Phi) is 7.15. The fraction of sp³-hybridized carbons (Fsp3) is 0.444. The third-order valence-corrected chi connectivity index (χ3v) is 3.89. The first-order valence-corrected chi connectivity index (χ1v) is 8.92. The largest absolute Gasteiger partial charge is 0.352 e. The maximum Gasteiger partial charge on any atom is 0.239 e. The van der Waals surface area contributed by atoms with Crippen LogP contribution in [0.1, 0.15) is 33.1 Å². The van der Waals surface area contributed by atoms with E-state index in [0.29, 0.717) is 29.7 Å². The van der Waals surface area contributed by atoms with Crippen LogP contribution in [0.2, 0.25) is 5.02 Å². The Bertz CT molecular complexity index is 743. The summed E-state index contributed by atoms with van der Waals surface area (Å²) in [5.41, 5.74) is 0.788. The summed E-state index contributed by atoms with van der Waals surface area (Å²) >= 11 is 5.86. The van der Waals surface area contributed by atoms with Crippen LogP contribution in [0.15, 0.2) is 28.8 Å². The van der Waals surface area contributed by atoms with Crippen molar-refractivity contribution in [2.45, 2.75) is 39.7 Å². The van der Waals surface area contributed by atoms with Gasteiger partial charge in [-0.15, -0.1) is 0 Å². The number of amides is 2. The number of hydrogen-bond donors (Lipinski definition) is 1. The molecule has 0 atom stereocenters. The van der Waals surface area contributed by atoms with Crippen molar-refractivity contribution in [2.75, 3.05) is 13.1 Å². The zero-order valence-electron chi connectivity index (χ0n) is 15.2. The van der Waals surface area contributed by atoms with Gasteiger partial charge in [0.15, 0.2) is 0 Å². The van der Waals surface area contributed by atoms with Crippen molar-refractivity contribution in [3.8, 4) is 11.4 Å². The minimum atomic E-state index is -0.169. The molecule has 1 aromatic carbocycles. The quantitative estimate of drug-likeness (QED) is 0.762. The summed E-state index contributed by atoms with van der Waals surface area (Å²) in [7, 11) is 0. The molecule has 2 amide bonds. The highest BCUT2D eigenvalue weighted by Crippen LogP contribution is 2.19. The number of nitrogens with one attached hydrogen (secondary N) is 1. The van der Waals surface area contributed by atoms with Crippen molar-refractivity contribution in [1.29, 1.82) is 0 Å². The molecular weight excluding hydrogens is 356 g/mol. The second kappa shape index (κ2) is 9.33. The Labute approximate surface area is 157 Å². The van der Waals surface area contributed by atoms with E-state index in [1.807, 2.05) is 20.8 Å². The number of benzene rings is 1. The predicted molar refractivity (Wildman–Crippen MR) is 98.6 cm³/mol. The van der Waals surface area contributed by atoms with Crippen molar-refractivity contribution in [2.24, 2.45) is 0 Å². The number of nitrogens with zero attached hydrogens (tertiary/aromatic N) is 3. The van der Waals surface area contributed by atoms with E-state index >= 15 is 0 Å². The zero-order valence-corrected chi connectivity index (χ0v) is 15.9. The number of likely N-dealkylation sites (N-methyl/N-ethyl adjacent to an activating group) is 1. The molecule has 0 radical (unpaired) electrons. The van der Waals surface area contributed by atoms with E-state index in [1.165, 1.54) is 4.90 Å². The number of carbonyl (C=O) groups excluding carboxylic acids is 2. The molecule has 1 heterocycles. The number of aromatic nitrogens is 2. The lowest BCUT2D eigenvalue weighted by atomic mass is 10.2. The van der Waals surface area contributed by atoms with Gasteiger partial charge in [-0.25, -0.2) is 0 Å². The Hall–Kier alpha value is -2.41. The van der Waals surface area contributed by atoms with E-state index in [2.05, 4.69) is 15.5 Å². The topological polar surface area (TPSA) is 88.3 Å². The fourth-order valence-corrected chi connectivity index (χ4v) is 2.49. The molecule has 8 heteroatoms. The Morgan fingerprint density at radius 2 is 1.96 bits per heavy atom. The van der Waals surface area contributed by atoms with Crippen LogP contribution in [-0.4, -0.2) is 46.0 Å². The third-order valence-electron chi connectivity index (χ3n) is 3.64. The molecule has 1 aromatic heterocycles. The SMILES string of the molecule is CCN(CC(=O)NC(C)C)C(=O)CCc1nc(-c2ccc(Cl)cc2)no1. The summed E-state index contributed by atoms with van der Waals surface area (Å²) in [4.78, 5) is 30.0. The van der Waals surface area contributed by atoms with E-state index in [1.54, 1.807) is 24.3 Å². The summed E-state index contributed by atoms with van der Waals surface area (Å²) in [5.74, 6) is 0.537. The van der Waals surface area contributed by atoms with Gasteiger partial charge >= 0.3 is 0 Å². The van der Waals surface area contributed by atoms with E-state index in [9.17, 15) is 9.59 Å². The molecular formula is C18H23ClN4O3. The number of halogens is 1. The van der Waals surface area contributed by atoms with Gasteiger partial charge in [-0.1, -0.05) is 16.8 Å². The van der Waals surface area contributed by atoms with Crippen LogP contribution in [0.25, 0.3) is 11.4 Å². The molecule has 2 aromatic rings. The van der Waals surface area contributed by atoms with Crippen LogP contribution in [0, 0.1) is 0 Å². The smallest absolute Gasteiger partial charge is 0.239 e. The van der Waals surface area contributed by atoms with Crippen LogP contribution in [-0.2, 0) is 16.0 Å². The average molecular weight is 379 g/mol. The van der Waals surface area contributed by atoms with Crippen LogP contribution in [0.4, 0.5) is 0 Å². The Balaban J connectivity index is 1.90. The lowest BCUT2D eigenvalue weighted by Gasteiger charge is -2.20. The molecule has 0 aliphatic carbocycles. The molecule has 1 N–H and O–H groups in total. The minimum absolute atomic E-state index is 0.0426. The Morgan fingerprint density at radius 3 is 2.58 bits per heavy atom. The van der Waals surface area contributed by atoms with Crippen molar-refractivity contribution in [1.82, 2.24) is 20.4 Å². The van der Waals surface area contributed by atoms with E-state index in [-0.39, 0.29) is 30.8 Å². The highest BCUT2D eigenvalue weighted by Gasteiger charge is 2.17. The lowest BCUT2D eigenvalue weighted by Crippen LogP contribution is -2.42. The molecule has 2 rings (SSSR count). The number of aryl methyl sites for hydroxylation is 1. The molecule has 0 unspecified atom stereocenters. The first-order chi connectivity index (χ1) is 12.4. The lowest BCUT2D eigenvalue weighted by molar-refractivity contribution is -0.136. The average Bonchev–Trinajstić information content (AvgIpc) is 3.06. The van der Waals surface area contributed by atoms with Crippen molar-refractivity contribution in [3.05, 3.63) is 35.2 Å². The van der Waals surface area contributed by atoms with Crippen LogP contribution in [0.3, 0.4) is 0 Å². The van der Waals surface area contributed by atoms with Gasteiger partial charge in [-0.2, -0.15) is 4.98 Å². The number of rotatable bonds is 8. The molecule has 0 aliphatic heterocycles. The molecule has 140 valence electrons. The normalized spacial score (nSPS) is 10.8. The molecule has 0 saturated carbocycles. The van der Waals surface area contributed by atoms with Crippen molar-refractivity contribution < 1.29 is 14.1 Å². The van der Waals surface area contributed by atoms with Crippen LogP contribution >= 0.6 is 11.6 Å². The van der Waals surface area contributed by atoms with Gasteiger partial charge in [-0.3, -0.25) is 9.59 Å². The van der Waals surface area contributed by atoms with E-state index in [0.717, 1.165) is 5.56 Å². The maximum atomic E-state index is 12.3. The standard InChI is InChI=1S/C18H23ClN4O3/c1-4-23(11-15(24)20-12(2)3)17(25)10-9-16-21-18(22-26-16)13-5-7-14(19)8-6-13/h5-8,12H,4,9-11H2,1-3H3,(H,20,24). The van der Waals surface area contributed by atoms with Crippen LogP contribution < -0.4 is 5.32 Å². The first kappa shape index (κ1) is 19.9. The van der Waals surface area contributed by atoms with Gasteiger partial charge in [-0.05, 0) is 45.0 Å². The van der Waals surface area contributed by atoms with Gasteiger partial charge in [0.25, 0.3) is 0 Å². The van der Waals surface area contributed by atoms with Gasteiger partial charge < -0.3 is 14.7 Å². The number of hydrogen-bond acceptors (Lipinski definition) is 5. The van der Waals surface area contributed by atoms with Gasteiger partial charge in [0, 0.05) is 36.0 Å². The van der Waals surface area contributed by atoms with Gasteiger partial charge in [0.05, 0.1) is 6.54 Å². The van der Waals surface area contributed by atoms with E-state index < -0.39 is 0 Å². The summed E-state index contributed by atoms with van der Waals surface area (Å²) in [6, 6.07) is 7.14. The van der Waals surface area contributed by atoms with Crippen molar-refractivity contribution >= 4 is 23.4 Å². The molecule has 0 aliphatic rings. The fourth-order valence-electron chi connectivity index (χ4n) is 2.36. The molecule has 0 spiro atoms. The molecule has 26 heavy (non-hydrogen) atoms. The van der Waals surface area contributed by atoms with Crippen LogP contribution in [0.5, 0.6) is 0 Å². The second-order valence-corrected chi connectivity index (χ2v) is 6.59. The first-order valence-electron chi connectivity index (χ1n) is 8.54. The summed E-state index contributed by atoms with van der Waals surface area (Å²) in [5, 5.41) is 7.33. The highest BCUT2D eigenvalue weighted by atomic mass is 35.5. The second-order valence-electron chi connectivity index (χ2n) is 6.15. The maximum absolute atomic E-state index is 12.3. The third kappa shape index (κ3) is 5.84. The summed E-state index contributed by atoms with van der Waals surface area (Å²) < 4.78 is 5.20. The van der Waals surface area contributed by atoms with Gasteiger partial charge in [0.1, 0.15) is 0 Å². The minimum Gasteiger partial charge on any atom is -0.352 e. The monoisotopic (exact) mass is 378 g/mol.